The maximum Gasteiger partial charge on any atom is 0.0485 e. The predicted octanol–water partition coefficient (Wildman–Crippen LogP) is 3.29. The van der Waals surface area contributed by atoms with Gasteiger partial charge in [-0.25, -0.2) is 0 Å². The van der Waals surface area contributed by atoms with Crippen LogP contribution < -0.4 is 5.32 Å². The van der Waals surface area contributed by atoms with Gasteiger partial charge in [0.25, 0.3) is 0 Å². The number of nitrogens with one attached hydrogen (secondary N) is 1. The fourth-order valence-corrected chi connectivity index (χ4v) is 3.06. The minimum Gasteiger partial charge on any atom is -0.348 e. The number of hydrogen-bond donors (Lipinski definition) is 1. The van der Waals surface area contributed by atoms with Gasteiger partial charge in [-0.05, 0) is 38.1 Å². The van der Waals surface area contributed by atoms with E-state index in [0.29, 0.717) is 0 Å². The van der Waals surface area contributed by atoms with Crippen LogP contribution in [0.15, 0.2) is 18.2 Å². The lowest BCUT2D eigenvalue weighted by Gasteiger charge is -2.25. The number of benzene rings is 1. The monoisotopic (exact) mass is 244 g/mol. The SMILES string of the molecule is CNCC(C)(C)c1c(C)n(C)c2cc(C)ccc12. The number of hydrogen-bond acceptors (Lipinski definition) is 1. The first kappa shape index (κ1) is 13.2. The zero-order valence-corrected chi connectivity index (χ0v) is 12.4. The molecule has 1 heterocycles. The summed E-state index contributed by atoms with van der Waals surface area (Å²) in [5.74, 6) is 0. The molecule has 0 aliphatic heterocycles. The van der Waals surface area contributed by atoms with Crippen molar-refractivity contribution in [1.82, 2.24) is 9.88 Å². The first-order chi connectivity index (χ1) is 8.38. The molecule has 0 aliphatic rings. The van der Waals surface area contributed by atoms with E-state index in [1.807, 2.05) is 7.05 Å². The normalized spacial score (nSPS) is 12.3. The average Bonchev–Trinajstić information content (AvgIpc) is 2.53. The lowest BCUT2D eigenvalue weighted by molar-refractivity contribution is 0.493. The molecule has 0 amide bonds. The standard InChI is InChI=1S/C16H24N2/c1-11-7-8-13-14(9-11)18(6)12(2)15(13)16(3,4)10-17-5/h7-9,17H,10H2,1-6H3. The molecule has 98 valence electrons. The summed E-state index contributed by atoms with van der Waals surface area (Å²) in [5.41, 5.74) is 5.64. The number of aryl methyl sites for hydroxylation is 2. The average molecular weight is 244 g/mol. The van der Waals surface area contributed by atoms with E-state index in [1.165, 1.54) is 27.7 Å². The molecule has 0 unspecified atom stereocenters. The van der Waals surface area contributed by atoms with E-state index < -0.39 is 0 Å². The van der Waals surface area contributed by atoms with Crippen LogP contribution in [0.5, 0.6) is 0 Å². The predicted molar refractivity (Wildman–Crippen MR) is 79.3 cm³/mol. The molecule has 0 aliphatic carbocycles. The summed E-state index contributed by atoms with van der Waals surface area (Å²) in [5, 5.41) is 4.70. The van der Waals surface area contributed by atoms with Gasteiger partial charge in [-0.2, -0.15) is 0 Å². The fraction of sp³-hybridized carbons (Fsp3) is 0.500. The van der Waals surface area contributed by atoms with Crippen LogP contribution >= 0.6 is 0 Å². The van der Waals surface area contributed by atoms with E-state index in [0.717, 1.165) is 6.54 Å². The Bertz CT molecular complexity index is 576. The Kier molecular flexibility index (Phi) is 3.24. The Labute approximate surface area is 110 Å². The highest BCUT2D eigenvalue weighted by molar-refractivity contribution is 5.87. The summed E-state index contributed by atoms with van der Waals surface area (Å²) in [6, 6.07) is 6.76. The second kappa shape index (κ2) is 4.43. The molecule has 2 heteroatoms. The van der Waals surface area contributed by atoms with E-state index in [2.05, 4.69) is 62.8 Å². The number of aromatic nitrogens is 1. The van der Waals surface area contributed by atoms with Gasteiger partial charge in [-0.1, -0.05) is 26.0 Å². The Morgan fingerprint density at radius 2 is 1.89 bits per heavy atom. The zero-order chi connectivity index (χ0) is 13.5. The van der Waals surface area contributed by atoms with Gasteiger partial charge >= 0.3 is 0 Å². The van der Waals surface area contributed by atoms with Crippen LogP contribution in [0.4, 0.5) is 0 Å². The third kappa shape index (κ3) is 1.95. The molecular formula is C16H24N2. The van der Waals surface area contributed by atoms with Crippen molar-refractivity contribution in [3.05, 3.63) is 35.0 Å². The van der Waals surface area contributed by atoms with Crippen LogP contribution in [-0.4, -0.2) is 18.2 Å². The van der Waals surface area contributed by atoms with Crippen LogP contribution in [0.2, 0.25) is 0 Å². The highest BCUT2D eigenvalue weighted by Gasteiger charge is 2.26. The molecule has 0 saturated carbocycles. The third-order valence-electron chi connectivity index (χ3n) is 3.94. The van der Waals surface area contributed by atoms with Gasteiger partial charge in [0.1, 0.15) is 0 Å². The Morgan fingerprint density at radius 1 is 1.22 bits per heavy atom. The van der Waals surface area contributed by atoms with E-state index in [-0.39, 0.29) is 5.41 Å². The van der Waals surface area contributed by atoms with Gasteiger partial charge in [0.15, 0.2) is 0 Å². The Balaban J connectivity index is 2.75. The molecule has 0 saturated heterocycles. The highest BCUT2D eigenvalue weighted by atomic mass is 15.0. The zero-order valence-electron chi connectivity index (χ0n) is 12.4. The van der Waals surface area contributed by atoms with E-state index in [9.17, 15) is 0 Å². The summed E-state index contributed by atoms with van der Waals surface area (Å²) in [4.78, 5) is 0. The van der Waals surface area contributed by atoms with Crippen LogP contribution in [0.3, 0.4) is 0 Å². The number of rotatable bonds is 3. The minimum atomic E-state index is 0.146. The molecule has 0 bridgehead atoms. The molecule has 2 nitrogen and oxygen atoms in total. The van der Waals surface area contributed by atoms with Crippen molar-refractivity contribution in [1.29, 1.82) is 0 Å². The second-order valence-corrected chi connectivity index (χ2v) is 5.95. The van der Waals surface area contributed by atoms with Crippen molar-refractivity contribution in [3.63, 3.8) is 0 Å². The molecule has 0 spiro atoms. The van der Waals surface area contributed by atoms with Crippen molar-refractivity contribution >= 4 is 10.9 Å². The molecule has 2 rings (SSSR count). The highest BCUT2D eigenvalue weighted by Crippen LogP contribution is 2.35. The van der Waals surface area contributed by atoms with Crippen LogP contribution in [0, 0.1) is 13.8 Å². The lowest BCUT2D eigenvalue weighted by Crippen LogP contribution is -2.31. The lowest BCUT2D eigenvalue weighted by atomic mass is 9.82. The smallest absolute Gasteiger partial charge is 0.0485 e. The molecule has 1 N–H and O–H groups in total. The number of fused-ring (bicyclic) bond motifs is 1. The maximum atomic E-state index is 3.31. The van der Waals surface area contributed by atoms with Crippen LogP contribution in [0.25, 0.3) is 10.9 Å². The van der Waals surface area contributed by atoms with Crippen molar-refractivity contribution in [3.8, 4) is 0 Å². The van der Waals surface area contributed by atoms with Gasteiger partial charge < -0.3 is 9.88 Å². The molecule has 0 fully saturated rings. The van der Waals surface area contributed by atoms with Gasteiger partial charge in [-0.3, -0.25) is 0 Å². The van der Waals surface area contributed by atoms with Gasteiger partial charge in [-0.15, -0.1) is 0 Å². The molecule has 0 atom stereocenters. The van der Waals surface area contributed by atoms with E-state index >= 15 is 0 Å². The second-order valence-electron chi connectivity index (χ2n) is 5.95. The van der Waals surface area contributed by atoms with Crippen LogP contribution in [-0.2, 0) is 12.5 Å². The molecule has 1 aromatic heterocycles. The fourth-order valence-electron chi connectivity index (χ4n) is 3.06. The first-order valence-corrected chi connectivity index (χ1v) is 6.59. The molecule has 1 aromatic carbocycles. The minimum absolute atomic E-state index is 0.146. The van der Waals surface area contributed by atoms with E-state index in [4.69, 9.17) is 0 Å². The summed E-state index contributed by atoms with van der Waals surface area (Å²) in [6.07, 6.45) is 0. The van der Waals surface area contributed by atoms with Gasteiger partial charge in [0, 0.05) is 35.6 Å². The Hall–Kier alpha value is -1.28. The van der Waals surface area contributed by atoms with Crippen molar-refractivity contribution < 1.29 is 0 Å². The first-order valence-electron chi connectivity index (χ1n) is 6.59. The molecular weight excluding hydrogens is 220 g/mol. The molecule has 0 radical (unpaired) electrons. The van der Waals surface area contributed by atoms with Gasteiger partial charge in [0.05, 0.1) is 0 Å². The maximum absolute atomic E-state index is 3.31. The molecule has 18 heavy (non-hydrogen) atoms. The van der Waals surface area contributed by atoms with Crippen molar-refractivity contribution in [2.45, 2.75) is 33.1 Å². The van der Waals surface area contributed by atoms with Gasteiger partial charge in [0.2, 0.25) is 0 Å². The summed E-state index contributed by atoms with van der Waals surface area (Å²) < 4.78 is 2.31. The third-order valence-corrected chi connectivity index (χ3v) is 3.94. The topological polar surface area (TPSA) is 17.0 Å². The summed E-state index contributed by atoms with van der Waals surface area (Å²) in [6.45, 7) is 9.99. The summed E-state index contributed by atoms with van der Waals surface area (Å²) >= 11 is 0. The quantitative estimate of drug-likeness (QED) is 0.876. The largest absolute Gasteiger partial charge is 0.348 e. The summed E-state index contributed by atoms with van der Waals surface area (Å²) in [7, 11) is 4.18. The Morgan fingerprint density at radius 3 is 2.50 bits per heavy atom. The number of nitrogens with zero attached hydrogens (tertiary/aromatic N) is 1. The van der Waals surface area contributed by atoms with Crippen molar-refractivity contribution in [2.24, 2.45) is 7.05 Å². The van der Waals surface area contributed by atoms with Crippen LogP contribution in [0.1, 0.15) is 30.7 Å². The number of likely N-dealkylation sites (N-methyl/N-ethyl adjacent to an activating group) is 1. The van der Waals surface area contributed by atoms with E-state index in [1.54, 1.807) is 0 Å². The molecule has 2 aromatic rings. The van der Waals surface area contributed by atoms with Crippen molar-refractivity contribution in [2.75, 3.05) is 13.6 Å².